The first-order valence-electron chi connectivity index (χ1n) is 6.94. The number of ether oxygens (including phenoxy) is 1. The second-order valence-corrected chi connectivity index (χ2v) is 4.71. The second-order valence-electron chi connectivity index (χ2n) is 4.71. The highest BCUT2D eigenvalue weighted by Crippen LogP contribution is 2.28. The van der Waals surface area contributed by atoms with Crippen molar-refractivity contribution in [3.05, 3.63) is 47.0 Å². The maximum Gasteiger partial charge on any atom is 0.416 e. The fraction of sp³-hybridized carbons (Fsp3) is 0.267. The van der Waals surface area contributed by atoms with E-state index in [1.54, 1.807) is 0 Å². The van der Waals surface area contributed by atoms with E-state index in [-0.39, 0.29) is 31.6 Å². The van der Waals surface area contributed by atoms with Gasteiger partial charge < -0.3 is 15.6 Å². The number of rotatable bonds is 5. The Kier molecular flexibility index (Phi) is 5.74. The van der Waals surface area contributed by atoms with Crippen LogP contribution < -0.4 is 5.73 Å². The van der Waals surface area contributed by atoms with Crippen LogP contribution in [0, 0.1) is 11.8 Å². The van der Waals surface area contributed by atoms with Crippen molar-refractivity contribution >= 4 is 5.91 Å². The molecule has 25 heavy (non-hydrogen) atoms. The molecule has 1 amide bonds. The lowest BCUT2D eigenvalue weighted by Gasteiger charge is -2.05. The maximum absolute atomic E-state index is 12.5. The minimum atomic E-state index is -4.42. The summed E-state index contributed by atoms with van der Waals surface area (Å²) in [5.41, 5.74) is 4.64. The van der Waals surface area contributed by atoms with E-state index in [1.807, 2.05) is 0 Å². The number of primary amides is 1. The number of alkyl halides is 3. The van der Waals surface area contributed by atoms with Gasteiger partial charge in [-0.15, -0.1) is 5.10 Å². The van der Waals surface area contributed by atoms with Gasteiger partial charge in [-0.2, -0.15) is 18.2 Å². The van der Waals surface area contributed by atoms with Crippen molar-refractivity contribution in [1.29, 1.82) is 0 Å². The van der Waals surface area contributed by atoms with Crippen molar-refractivity contribution in [2.75, 3.05) is 13.2 Å². The molecule has 0 saturated carbocycles. The van der Waals surface area contributed by atoms with Crippen molar-refractivity contribution in [3.63, 3.8) is 0 Å². The van der Waals surface area contributed by atoms with E-state index in [0.717, 1.165) is 16.8 Å². The molecule has 0 aliphatic carbocycles. The Morgan fingerprint density at radius 1 is 1.28 bits per heavy atom. The average molecular weight is 354 g/mol. The summed E-state index contributed by atoms with van der Waals surface area (Å²) in [6.45, 7) is -0.292. The molecular weight excluding hydrogens is 341 g/mol. The lowest BCUT2D eigenvalue weighted by Crippen LogP contribution is -2.14. The number of amides is 1. The van der Waals surface area contributed by atoms with Crippen molar-refractivity contribution in [2.24, 2.45) is 5.73 Å². The molecule has 0 saturated heterocycles. The van der Waals surface area contributed by atoms with Crippen molar-refractivity contribution < 1.29 is 27.8 Å². The predicted octanol–water partition coefficient (Wildman–Crippen LogP) is 0.762. The molecule has 10 heteroatoms. The third kappa shape index (κ3) is 5.03. The van der Waals surface area contributed by atoms with Gasteiger partial charge in [0.25, 0.3) is 5.91 Å². The van der Waals surface area contributed by atoms with Crippen LogP contribution in [0.15, 0.2) is 24.3 Å². The first kappa shape index (κ1) is 18.4. The Morgan fingerprint density at radius 3 is 2.52 bits per heavy atom. The first-order valence-corrected chi connectivity index (χ1v) is 6.94. The number of aromatic nitrogens is 3. The summed E-state index contributed by atoms with van der Waals surface area (Å²) < 4.78 is 43.8. The molecule has 0 aliphatic rings. The molecular formula is C15H13F3N4O3. The van der Waals surface area contributed by atoms with Crippen molar-refractivity contribution in [1.82, 2.24) is 14.8 Å². The summed E-state index contributed by atoms with van der Waals surface area (Å²) in [6.07, 6.45) is -4.42. The zero-order valence-corrected chi connectivity index (χ0v) is 12.7. The van der Waals surface area contributed by atoms with Gasteiger partial charge in [-0.05, 0) is 30.2 Å². The van der Waals surface area contributed by atoms with Crippen LogP contribution in [0.1, 0.15) is 27.6 Å². The number of hydrogen-bond donors (Lipinski definition) is 2. The fourth-order valence-corrected chi connectivity index (χ4v) is 1.72. The molecule has 7 nitrogen and oxygen atoms in total. The van der Waals surface area contributed by atoms with E-state index in [1.165, 1.54) is 12.1 Å². The van der Waals surface area contributed by atoms with Crippen LogP contribution in [-0.4, -0.2) is 39.0 Å². The van der Waals surface area contributed by atoms with Gasteiger partial charge in [0.2, 0.25) is 11.6 Å². The number of nitrogens with zero attached hydrogens (tertiary/aromatic N) is 3. The van der Waals surface area contributed by atoms with Crippen LogP contribution in [0.25, 0.3) is 0 Å². The standard InChI is InChI=1S/C15H13F3N4O3/c16-15(17,18)11-4-1-10(2-5-11)3-6-12-20-14(13(19)24)21-22(12)9-25-8-7-23/h1-2,4-5,23H,7-9H2,(H2,19,24). The molecule has 0 aliphatic heterocycles. The lowest BCUT2D eigenvalue weighted by molar-refractivity contribution is -0.137. The van der Waals surface area contributed by atoms with Crippen LogP contribution in [0.5, 0.6) is 0 Å². The average Bonchev–Trinajstić information content (AvgIpc) is 2.96. The zero-order valence-electron chi connectivity index (χ0n) is 12.7. The number of benzene rings is 1. The SMILES string of the molecule is NC(=O)c1nc(C#Cc2ccc(C(F)(F)F)cc2)n(COCCO)n1. The van der Waals surface area contributed by atoms with E-state index in [4.69, 9.17) is 15.6 Å². The molecule has 0 spiro atoms. The van der Waals surface area contributed by atoms with Crippen LogP contribution in [0.3, 0.4) is 0 Å². The summed E-state index contributed by atoms with van der Waals surface area (Å²) in [4.78, 5) is 15.0. The number of aliphatic hydroxyl groups is 1. The third-order valence-corrected chi connectivity index (χ3v) is 2.87. The Hall–Kier alpha value is -2.90. The molecule has 1 aromatic heterocycles. The number of carbonyl (C=O) groups is 1. The second kappa shape index (κ2) is 7.78. The topological polar surface area (TPSA) is 103 Å². The minimum Gasteiger partial charge on any atom is -0.394 e. The lowest BCUT2D eigenvalue weighted by atomic mass is 10.1. The smallest absolute Gasteiger partial charge is 0.394 e. The summed E-state index contributed by atoms with van der Waals surface area (Å²) >= 11 is 0. The Labute approximate surface area is 140 Å². The van der Waals surface area contributed by atoms with Crippen molar-refractivity contribution in [2.45, 2.75) is 12.9 Å². The van der Waals surface area contributed by atoms with Gasteiger partial charge >= 0.3 is 6.18 Å². The van der Waals surface area contributed by atoms with E-state index in [9.17, 15) is 18.0 Å². The summed E-state index contributed by atoms with van der Waals surface area (Å²) in [5.74, 6) is 4.13. The molecule has 0 unspecified atom stereocenters. The van der Waals surface area contributed by atoms with E-state index in [0.29, 0.717) is 5.56 Å². The Bertz CT molecular complexity index is 804. The van der Waals surface area contributed by atoms with Gasteiger partial charge in [0.1, 0.15) is 6.73 Å². The van der Waals surface area contributed by atoms with Gasteiger partial charge in [0.05, 0.1) is 18.8 Å². The summed E-state index contributed by atoms with van der Waals surface area (Å²) in [5, 5.41) is 12.5. The molecule has 2 aromatic rings. The summed E-state index contributed by atoms with van der Waals surface area (Å²) in [6, 6.07) is 4.25. The molecule has 3 N–H and O–H groups in total. The highest BCUT2D eigenvalue weighted by molar-refractivity contribution is 5.88. The van der Waals surface area contributed by atoms with Gasteiger partial charge in [-0.1, -0.05) is 5.92 Å². The van der Waals surface area contributed by atoms with Gasteiger partial charge in [-0.25, -0.2) is 4.68 Å². The molecule has 2 rings (SSSR count). The Morgan fingerprint density at radius 2 is 1.96 bits per heavy atom. The van der Waals surface area contributed by atoms with Gasteiger partial charge in [0, 0.05) is 5.56 Å². The van der Waals surface area contributed by atoms with Gasteiger partial charge in [0.15, 0.2) is 0 Å². The number of hydrogen-bond acceptors (Lipinski definition) is 5. The molecule has 1 aromatic carbocycles. The predicted molar refractivity (Wildman–Crippen MR) is 79.0 cm³/mol. The first-order chi connectivity index (χ1) is 11.8. The number of carbonyl (C=O) groups excluding carboxylic acids is 1. The highest BCUT2D eigenvalue weighted by Gasteiger charge is 2.29. The van der Waals surface area contributed by atoms with Crippen LogP contribution in [0.2, 0.25) is 0 Å². The van der Waals surface area contributed by atoms with E-state index in [2.05, 4.69) is 21.9 Å². The largest absolute Gasteiger partial charge is 0.416 e. The number of nitrogens with two attached hydrogens (primary N) is 1. The van der Waals surface area contributed by atoms with Crippen LogP contribution >= 0.6 is 0 Å². The van der Waals surface area contributed by atoms with Gasteiger partial charge in [-0.3, -0.25) is 4.79 Å². The number of aliphatic hydroxyl groups excluding tert-OH is 1. The summed E-state index contributed by atoms with van der Waals surface area (Å²) in [7, 11) is 0. The van der Waals surface area contributed by atoms with Crippen molar-refractivity contribution in [3.8, 4) is 11.8 Å². The highest BCUT2D eigenvalue weighted by atomic mass is 19.4. The normalized spacial score (nSPS) is 11.0. The Balaban J connectivity index is 2.24. The van der Waals surface area contributed by atoms with E-state index < -0.39 is 17.6 Å². The van der Waals surface area contributed by atoms with E-state index >= 15 is 0 Å². The monoisotopic (exact) mass is 354 g/mol. The fourth-order valence-electron chi connectivity index (χ4n) is 1.72. The molecule has 132 valence electrons. The van der Waals surface area contributed by atoms with Crippen LogP contribution in [-0.2, 0) is 17.6 Å². The third-order valence-electron chi connectivity index (χ3n) is 2.87. The van der Waals surface area contributed by atoms with Crippen LogP contribution in [0.4, 0.5) is 13.2 Å². The molecule has 0 fully saturated rings. The molecule has 1 heterocycles. The minimum absolute atomic E-state index is 0.0392. The molecule has 0 atom stereocenters. The quantitative estimate of drug-likeness (QED) is 0.610. The zero-order chi connectivity index (χ0) is 18.4. The molecule has 0 bridgehead atoms. The number of halogens is 3. The maximum atomic E-state index is 12.5. The molecule has 0 radical (unpaired) electrons.